The van der Waals surface area contributed by atoms with Gasteiger partial charge < -0.3 is 4.43 Å². The lowest BCUT2D eigenvalue weighted by Gasteiger charge is -2.31. The summed E-state index contributed by atoms with van der Waals surface area (Å²) in [5.41, 5.74) is 2.91. The van der Waals surface area contributed by atoms with Crippen LogP contribution in [-0.4, -0.2) is 22.5 Å². The van der Waals surface area contributed by atoms with Crippen molar-refractivity contribution in [3.05, 3.63) is 0 Å². The molecule has 3 heteroatoms. The van der Waals surface area contributed by atoms with E-state index in [0.29, 0.717) is 0 Å². The molecule has 0 N–H and O–H groups in total. The van der Waals surface area contributed by atoms with Gasteiger partial charge in [-0.1, -0.05) is 13.1 Å². The second-order valence-corrected chi connectivity index (χ2v) is 17.8. The summed E-state index contributed by atoms with van der Waals surface area (Å²) in [6.45, 7) is 8.78. The lowest BCUT2D eigenvalue weighted by molar-refractivity contribution is 0.420. The van der Waals surface area contributed by atoms with Crippen molar-refractivity contribution in [3.8, 4) is 12.0 Å². The van der Waals surface area contributed by atoms with E-state index in [1.165, 1.54) is 0 Å². The van der Waals surface area contributed by atoms with E-state index in [4.69, 9.17) is 10.8 Å². The van der Waals surface area contributed by atoms with Gasteiger partial charge in [0.05, 0.1) is 0 Å². The Labute approximate surface area is 65.7 Å². The van der Waals surface area contributed by atoms with Gasteiger partial charge in [-0.2, -0.15) is 0 Å². The monoisotopic (exact) mass is 172 g/mol. The molecule has 0 spiro atoms. The van der Waals surface area contributed by atoms with Crippen LogP contribution >= 0.6 is 0 Å². The molecule has 0 aliphatic rings. The second-order valence-electron chi connectivity index (χ2n) is 3.48. The van der Waals surface area contributed by atoms with Gasteiger partial charge in [0.25, 0.3) is 0 Å². The molecule has 0 saturated carbocycles. The Morgan fingerprint density at radius 2 is 1.60 bits per heavy atom. The zero-order chi connectivity index (χ0) is 8.41. The van der Waals surface area contributed by atoms with E-state index in [1.807, 2.05) is 0 Å². The fourth-order valence-corrected chi connectivity index (χ4v) is 3.86. The summed E-state index contributed by atoms with van der Waals surface area (Å²) >= 11 is 0. The van der Waals surface area contributed by atoms with Crippen LogP contribution in [0.3, 0.4) is 0 Å². The van der Waals surface area contributed by atoms with Gasteiger partial charge in [-0.15, -0.1) is 12.0 Å². The normalized spacial score (nSPS) is 12.8. The molecule has 0 saturated heterocycles. The zero-order valence-electron chi connectivity index (χ0n) is 7.49. The number of rotatable bonds is 2. The van der Waals surface area contributed by atoms with Gasteiger partial charge in [0.2, 0.25) is 0 Å². The van der Waals surface area contributed by atoms with Crippen molar-refractivity contribution < 1.29 is 4.43 Å². The van der Waals surface area contributed by atoms with Crippen molar-refractivity contribution in [2.75, 3.05) is 7.11 Å². The van der Waals surface area contributed by atoms with Gasteiger partial charge in [-0.3, -0.25) is 0 Å². The van der Waals surface area contributed by atoms with E-state index in [0.717, 1.165) is 0 Å². The summed E-state index contributed by atoms with van der Waals surface area (Å²) in [6, 6.07) is 0. The molecule has 0 unspecified atom stereocenters. The summed E-state index contributed by atoms with van der Waals surface area (Å²) in [5, 5.41) is 0. The van der Waals surface area contributed by atoms with Crippen LogP contribution in [-0.2, 0) is 4.43 Å². The molecule has 0 fully saturated rings. The maximum absolute atomic E-state index is 5.45. The summed E-state index contributed by atoms with van der Waals surface area (Å²) in [6.07, 6.45) is 5.43. The highest BCUT2D eigenvalue weighted by molar-refractivity contribution is 7.41. The minimum atomic E-state index is -1.50. The maximum Gasteiger partial charge on any atom is 0.187 e. The molecule has 0 atom stereocenters. The molecule has 0 rings (SSSR count). The lowest BCUT2D eigenvalue weighted by Crippen LogP contribution is -2.55. The number of hydrogen-bond acceptors (Lipinski definition) is 1. The average molecular weight is 172 g/mol. The summed E-state index contributed by atoms with van der Waals surface area (Å²) in [5.74, 6) is 0. The van der Waals surface area contributed by atoms with Crippen molar-refractivity contribution in [1.29, 1.82) is 0 Å². The van der Waals surface area contributed by atoms with Crippen LogP contribution in [0.2, 0.25) is 26.2 Å². The fourth-order valence-electron chi connectivity index (χ4n) is 0.429. The smallest absolute Gasteiger partial charge is 0.187 e. The maximum atomic E-state index is 5.45. The van der Waals surface area contributed by atoms with E-state index in [1.54, 1.807) is 7.11 Å². The molecule has 1 nitrogen and oxygen atoms in total. The Hall–Kier alpha value is -0.0462. The Bertz CT molecular complexity index is 155. The second kappa shape index (κ2) is 2.91. The molecule has 0 aromatic carbocycles. The lowest BCUT2D eigenvalue weighted by atomic mass is 11.4. The van der Waals surface area contributed by atoms with E-state index in [-0.39, 0.29) is 0 Å². The SMILES string of the molecule is C#C[Si](C)(C)[Si](C)(C)OC. The first kappa shape index (κ1) is 9.95. The van der Waals surface area contributed by atoms with Crippen LogP contribution in [0.1, 0.15) is 0 Å². The third-order valence-electron chi connectivity index (χ3n) is 2.38. The highest BCUT2D eigenvalue weighted by Crippen LogP contribution is 2.17. The fraction of sp³-hybridized carbons (Fsp3) is 0.714. The van der Waals surface area contributed by atoms with E-state index < -0.39 is 15.4 Å². The average Bonchev–Trinajstić information content (AvgIpc) is 1.88. The predicted octanol–water partition coefficient (Wildman–Crippen LogP) is 1.80. The van der Waals surface area contributed by atoms with Gasteiger partial charge in [0.15, 0.2) is 15.4 Å². The quantitative estimate of drug-likeness (QED) is 0.456. The van der Waals surface area contributed by atoms with E-state index in [2.05, 4.69) is 31.7 Å². The van der Waals surface area contributed by atoms with Crippen molar-refractivity contribution in [2.45, 2.75) is 26.2 Å². The minimum absolute atomic E-state index is 1.46. The minimum Gasteiger partial charge on any atom is -0.422 e. The Morgan fingerprint density at radius 3 is 1.70 bits per heavy atom. The third kappa shape index (κ3) is 1.72. The van der Waals surface area contributed by atoms with E-state index in [9.17, 15) is 0 Å². The Morgan fingerprint density at radius 1 is 1.20 bits per heavy atom. The summed E-state index contributed by atoms with van der Waals surface area (Å²) in [7, 11) is -1.19. The van der Waals surface area contributed by atoms with Gasteiger partial charge >= 0.3 is 0 Å². The molecule has 0 aromatic heterocycles. The van der Waals surface area contributed by atoms with Crippen LogP contribution in [0.15, 0.2) is 0 Å². The summed E-state index contributed by atoms with van der Waals surface area (Å²) in [4.78, 5) is 0. The molecular weight excluding hydrogens is 156 g/mol. The molecule has 0 radical (unpaired) electrons. The van der Waals surface area contributed by atoms with Crippen molar-refractivity contribution in [2.24, 2.45) is 0 Å². The highest BCUT2D eigenvalue weighted by atomic mass is 29.3. The van der Waals surface area contributed by atoms with Crippen LogP contribution in [0.5, 0.6) is 0 Å². The van der Waals surface area contributed by atoms with Gasteiger partial charge in [0.1, 0.15) is 0 Å². The number of terminal acetylenes is 1. The molecule has 0 aliphatic carbocycles. The summed E-state index contributed by atoms with van der Waals surface area (Å²) < 4.78 is 5.45. The van der Waals surface area contributed by atoms with Gasteiger partial charge in [-0.25, -0.2) is 0 Å². The van der Waals surface area contributed by atoms with Gasteiger partial charge in [0, 0.05) is 7.11 Å². The zero-order valence-corrected chi connectivity index (χ0v) is 9.49. The van der Waals surface area contributed by atoms with Gasteiger partial charge in [-0.05, 0) is 13.1 Å². The molecule has 58 valence electrons. The molecule has 0 aromatic rings. The molecule has 0 aliphatic heterocycles. The number of hydrogen-bond donors (Lipinski definition) is 0. The molecule has 0 heterocycles. The standard InChI is InChI=1S/C7H16OSi2/c1-7-9(3,4)10(5,6)8-2/h1H,2-6H3. The predicted molar refractivity (Wildman–Crippen MR) is 50.8 cm³/mol. The first-order valence-electron chi connectivity index (χ1n) is 3.40. The van der Waals surface area contributed by atoms with Crippen molar-refractivity contribution in [3.63, 3.8) is 0 Å². The van der Waals surface area contributed by atoms with Crippen molar-refractivity contribution >= 4 is 15.4 Å². The first-order chi connectivity index (χ1) is 4.37. The topological polar surface area (TPSA) is 9.23 Å². The van der Waals surface area contributed by atoms with Crippen LogP contribution in [0, 0.1) is 12.0 Å². The molecule has 10 heavy (non-hydrogen) atoms. The van der Waals surface area contributed by atoms with Crippen LogP contribution < -0.4 is 0 Å². The molecule has 0 bridgehead atoms. The Balaban J connectivity index is 4.49. The third-order valence-corrected chi connectivity index (χ3v) is 17.2. The van der Waals surface area contributed by atoms with Crippen molar-refractivity contribution in [1.82, 2.24) is 0 Å². The highest BCUT2D eigenvalue weighted by Gasteiger charge is 2.41. The van der Waals surface area contributed by atoms with Crippen LogP contribution in [0.25, 0.3) is 0 Å². The van der Waals surface area contributed by atoms with Crippen LogP contribution in [0.4, 0.5) is 0 Å². The largest absolute Gasteiger partial charge is 0.422 e. The Kier molecular flexibility index (Phi) is 2.90. The molecule has 0 amide bonds. The first-order valence-corrected chi connectivity index (χ1v) is 10.3. The molecular formula is C7H16OSi2. The van der Waals surface area contributed by atoms with E-state index >= 15 is 0 Å².